The van der Waals surface area contributed by atoms with Crippen molar-refractivity contribution in [3.05, 3.63) is 72.1 Å². The van der Waals surface area contributed by atoms with Gasteiger partial charge in [-0.05, 0) is 61.0 Å². The Balaban J connectivity index is 1.45. The van der Waals surface area contributed by atoms with E-state index in [0.717, 1.165) is 23.2 Å². The van der Waals surface area contributed by atoms with Gasteiger partial charge in [-0.3, -0.25) is 0 Å². The van der Waals surface area contributed by atoms with Crippen LogP contribution in [0.25, 0.3) is 11.0 Å². The van der Waals surface area contributed by atoms with E-state index in [0.29, 0.717) is 28.8 Å². The van der Waals surface area contributed by atoms with Gasteiger partial charge < -0.3 is 24.7 Å². The molecule has 37 heavy (non-hydrogen) atoms. The molecule has 2 aromatic carbocycles. The molecule has 194 valence electrons. The van der Waals surface area contributed by atoms with Gasteiger partial charge in [0.25, 0.3) is 6.43 Å². The summed E-state index contributed by atoms with van der Waals surface area (Å²) in [6, 6.07) is 10.3. The molecular weight excluding hydrogens is 499 g/mol. The first-order chi connectivity index (χ1) is 17.5. The fourth-order valence-corrected chi connectivity index (χ4v) is 3.59. The van der Waals surface area contributed by atoms with Crippen LogP contribution in [0.3, 0.4) is 0 Å². The van der Waals surface area contributed by atoms with E-state index in [1.807, 2.05) is 23.9 Å². The van der Waals surface area contributed by atoms with Gasteiger partial charge in [0.15, 0.2) is 0 Å². The normalized spacial score (nSPS) is 11.6. The largest absolute Gasteiger partial charge is 0.487 e. The second-order valence-electron chi connectivity index (χ2n) is 8.05. The van der Waals surface area contributed by atoms with E-state index >= 15 is 0 Å². The van der Waals surface area contributed by atoms with Crippen LogP contribution in [0.1, 0.15) is 11.1 Å². The molecule has 0 spiro atoms. The van der Waals surface area contributed by atoms with Crippen LogP contribution in [0.2, 0.25) is 0 Å². The monoisotopic (exact) mass is 520 g/mol. The molecule has 2 heterocycles. The zero-order valence-electron chi connectivity index (χ0n) is 19.6. The summed E-state index contributed by atoms with van der Waals surface area (Å²) in [6.07, 6.45) is -4.31. The Morgan fingerprint density at radius 3 is 2.32 bits per heavy atom. The fraction of sp³-hybridized carbons (Fsp3) is 0.200. The first-order valence-electron chi connectivity index (χ1n) is 10.9. The smallest absolute Gasteiger partial charge is 0.420 e. The van der Waals surface area contributed by atoms with Crippen molar-refractivity contribution in [1.29, 1.82) is 0 Å². The van der Waals surface area contributed by atoms with Crippen LogP contribution < -0.4 is 20.1 Å². The number of halogens is 5. The second kappa shape index (κ2) is 10.3. The van der Waals surface area contributed by atoms with E-state index in [1.165, 1.54) is 0 Å². The topological polar surface area (TPSA) is 77.4 Å². The number of benzene rings is 2. The number of amides is 2. The molecule has 0 atom stereocenters. The third kappa shape index (κ3) is 6.08. The van der Waals surface area contributed by atoms with Gasteiger partial charge in [0, 0.05) is 30.8 Å². The van der Waals surface area contributed by atoms with Crippen LogP contribution >= 0.6 is 0 Å². The van der Waals surface area contributed by atoms with Crippen LogP contribution in [-0.2, 0) is 13.2 Å². The lowest BCUT2D eigenvalue weighted by atomic mass is 10.1. The van der Waals surface area contributed by atoms with Crippen LogP contribution in [0.15, 0.2) is 60.9 Å². The second-order valence-corrected chi connectivity index (χ2v) is 8.05. The molecule has 0 radical (unpaired) electrons. The lowest BCUT2D eigenvalue weighted by molar-refractivity contribution is -0.139. The Morgan fingerprint density at radius 1 is 1.00 bits per heavy atom. The predicted octanol–water partition coefficient (Wildman–Crippen LogP) is 6.98. The quantitative estimate of drug-likeness (QED) is 0.258. The average molecular weight is 520 g/mol. The minimum Gasteiger partial charge on any atom is -0.487 e. The maximum absolute atomic E-state index is 13.4. The molecule has 0 bridgehead atoms. The summed E-state index contributed by atoms with van der Waals surface area (Å²) in [5, 5.41) is 5.66. The molecule has 0 aliphatic carbocycles. The van der Waals surface area contributed by atoms with Gasteiger partial charge in [0.1, 0.15) is 29.5 Å². The summed E-state index contributed by atoms with van der Waals surface area (Å²) in [6.45, 7) is 0.586. The van der Waals surface area contributed by atoms with Crippen molar-refractivity contribution in [3.8, 4) is 17.2 Å². The minimum atomic E-state index is -4.88. The summed E-state index contributed by atoms with van der Waals surface area (Å²) < 4.78 is 77.2. The molecule has 2 N–H and O–H groups in total. The molecular formula is C25H21F5N4O3. The first-order valence-corrected chi connectivity index (χ1v) is 10.9. The number of alkyl halides is 5. The number of nitrogens with zero attached hydrogens (tertiary/aromatic N) is 2. The zero-order valence-corrected chi connectivity index (χ0v) is 19.6. The summed E-state index contributed by atoms with van der Waals surface area (Å²) in [5.41, 5.74) is 0.336. The highest BCUT2D eigenvalue weighted by Gasteiger charge is 2.35. The molecule has 0 fully saturated rings. The third-order valence-electron chi connectivity index (χ3n) is 5.29. The van der Waals surface area contributed by atoms with E-state index in [1.54, 1.807) is 37.4 Å². The van der Waals surface area contributed by atoms with Crippen molar-refractivity contribution in [1.82, 2.24) is 9.55 Å². The van der Waals surface area contributed by atoms with Crippen molar-refractivity contribution in [3.63, 3.8) is 0 Å². The predicted molar refractivity (Wildman–Crippen MR) is 128 cm³/mol. The summed E-state index contributed by atoms with van der Waals surface area (Å²) in [5.74, 6) is 0.386. The maximum Gasteiger partial charge on any atom is 0.420 e. The van der Waals surface area contributed by atoms with E-state index in [4.69, 9.17) is 4.74 Å². The van der Waals surface area contributed by atoms with Gasteiger partial charge in [0.05, 0.1) is 10.9 Å². The number of hydrogen-bond acceptors (Lipinski definition) is 4. The highest BCUT2D eigenvalue weighted by atomic mass is 19.4. The van der Waals surface area contributed by atoms with E-state index in [-0.39, 0.29) is 5.69 Å². The molecule has 2 aromatic heterocycles. The highest BCUT2D eigenvalue weighted by molar-refractivity contribution is 6.00. The Labute approximate surface area is 207 Å². The van der Waals surface area contributed by atoms with Crippen molar-refractivity contribution >= 4 is 28.4 Å². The van der Waals surface area contributed by atoms with E-state index < -0.39 is 36.6 Å². The first kappa shape index (κ1) is 25.7. The maximum atomic E-state index is 13.4. The number of pyridine rings is 1. The fourth-order valence-electron chi connectivity index (χ4n) is 3.59. The molecule has 4 rings (SSSR count). The SMILES string of the molecule is Cc1cc(NC(=O)Nc2ccc(OCC(F)F)c(C(F)(F)F)c2)ccc1Oc1ccnc2c1ccn2C. The number of aryl methyl sites for hydroxylation is 2. The van der Waals surface area contributed by atoms with Gasteiger partial charge in [0.2, 0.25) is 0 Å². The Morgan fingerprint density at radius 2 is 1.68 bits per heavy atom. The highest BCUT2D eigenvalue weighted by Crippen LogP contribution is 2.38. The zero-order chi connectivity index (χ0) is 26.7. The number of carbonyl (C=O) groups is 1. The average Bonchev–Trinajstić information content (AvgIpc) is 3.21. The van der Waals surface area contributed by atoms with Gasteiger partial charge >= 0.3 is 12.2 Å². The Kier molecular flexibility index (Phi) is 7.18. The number of hydrogen-bond donors (Lipinski definition) is 2. The van der Waals surface area contributed by atoms with Crippen LogP contribution in [-0.4, -0.2) is 28.6 Å². The summed E-state index contributed by atoms with van der Waals surface area (Å²) in [4.78, 5) is 16.7. The number of nitrogens with one attached hydrogen (secondary N) is 2. The minimum absolute atomic E-state index is 0.199. The van der Waals surface area contributed by atoms with Crippen LogP contribution in [0.5, 0.6) is 17.2 Å². The van der Waals surface area contributed by atoms with Gasteiger partial charge in [-0.25, -0.2) is 18.6 Å². The lowest BCUT2D eigenvalue weighted by Crippen LogP contribution is -2.20. The molecule has 0 aliphatic heterocycles. The standard InChI is InChI=1S/C25H21F5N4O3/c1-14-11-15(3-5-19(14)37-20-7-9-31-23-17(20)8-10-34(23)2)32-24(35)33-16-4-6-21(36-13-22(26)27)18(12-16)25(28,29)30/h3-12,22H,13H2,1-2H3,(H2,32,33,35). The molecule has 0 saturated carbocycles. The van der Waals surface area contributed by atoms with Gasteiger partial charge in [-0.2, -0.15) is 13.2 Å². The molecule has 4 aromatic rings. The number of rotatable bonds is 7. The van der Waals surface area contributed by atoms with Crippen molar-refractivity contribution in [2.24, 2.45) is 7.05 Å². The lowest BCUT2D eigenvalue weighted by Gasteiger charge is -2.16. The number of fused-ring (bicyclic) bond motifs is 1. The summed E-state index contributed by atoms with van der Waals surface area (Å²) in [7, 11) is 1.87. The molecule has 12 heteroatoms. The van der Waals surface area contributed by atoms with E-state index in [9.17, 15) is 26.7 Å². The Hall–Kier alpha value is -4.35. The number of ether oxygens (including phenoxy) is 2. The number of carbonyl (C=O) groups excluding carboxylic acids is 1. The Bertz CT molecular complexity index is 1440. The number of aromatic nitrogens is 2. The molecule has 2 amide bonds. The molecule has 0 unspecified atom stereocenters. The van der Waals surface area contributed by atoms with Crippen molar-refractivity contribution < 1.29 is 36.2 Å². The van der Waals surface area contributed by atoms with Crippen molar-refractivity contribution in [2.45, 2.75) is 19.5 Å². The number of anilines is 2. The third-order valence-corrected chi connectivity index (χ3v) is 5.29. The molecule has 0 aliphatic rings. The molecule has 0 saturated heterocycles. The molecule has 7 nitrogen and oxygen atoms in total. The van der Waals surface area contributed by atoms with E-state index in [2.05, 4.69) is 20.4 Å². The van der Waals surface area contributed by atoms with Crippen LogP contribution in [0, 0.1) is 6.92 Å². The number of urea groups is 1. The van der Waals surface area contributed by atoms with Crippen molar-refractivity contribution in [2.75, 3.05) is 17.2 Å². The van der Waals surface area contributed by atoms with Gasteiger partial charge in [-0.15, -0.1) is 0 Å². The van der Waals surface area contributed by atoms with Gasteiger partial charge in [-0.1, -0.05) is 0 Å². The van der Waals surface area contributed by atoms with Crippen LogP contribution in [0.4, 0.5) is 38.1 Å². The summed E-state index contributed by atoms with van der Waals surface area (Å²) >= 11 is 0.